The Morgan fingerprint density at radius 2 is 1.92 bits per heavy atom. The van der Waals surface area contributed by atoms with Gasteiger partial charge >= 0.3 is 0 Å². The summed E-state index contributed by atoms with van der Waals surface area (Å²) in [6.07, 6.45) is 10.3. The smallest absolute Gasteiger partial charge is 0.271 e. The van der Waals surface area contributed by atoms with Crippen LogP contribution in [-0.2, 0) is 6.54 Å². The molecule has 0 bridgehead atoms. The Balaban J connectivity index is 1.23. The van der Waals surface area contributed by atoms with Gasteiger partial charge in [-0.3, -0.25) is 4.98 Å². The number of hydrogen-bond acceptors (Lipinski definition) is 5. The highest BCUT2D eigenvalue weighted by molar-refractivity contribution is 9.10. The molecule has 192 valence electrons. The van der Waals surface area contributed by atoms with Crippen molar-refractivity contribution in [3.63, 3.8) is 0 Å². The minimum Gasteiger partial charge on any atom is -0.366 e. The number of nitrogens with zero attached hydrogens (tertiary/aromatic N) is 5. The molecule has 4 heterocycles. The lowest BCUT2D eigenvalue weighted by atomic mass is 9.79. The van der Waals surface area contributed by atoms with Gasteiger partial charge in [-0.25, -0.2) is 13.8 Å². The SMILES string of the molecule is C=C(C)C(F)(F)C1CCC(N2CCC(c3cc(NCc4cccnc4)n4ncc(Br)c4n3)CC2)CC1. The van der Waals surface area contributed by atoms with Crippen LogP contribution in [0.1, 0.15) is 62.6 Å². The van der Waals surface area contributed by atoms with Gasteiger partial charge in [-0.05, 0) is 91.7 Å². The Kier molecular flexibility index (Phi) is 7.40. The average Bonchev–Trinajstić information content (AvgIpc) is 3.28. The van der Waals surface area contributed by atoms with E-state index in [9.17, 15) is 8.78 Å². The van der Waals surface area contributed by atoms with Crippen molar-refractivity contribution in [1.82, 2.24) is 24.5 Å². The summed E-state index contributed by atoms with van der Waals surface area (Å²) in [5.41, 5.74) is 2.97. The van der Waals surface area contributed by atoms with E-state index in [1.165, 1.54) is 6.92 Å². The lowest BCUT2D eigenvalue weighted by molar-refractivity contribution is -0.0459. The van der Waals surface area contributed by atoms with Crippen LogP contribution in [0, 0.1) is 5.92 Å². The number of rotatable bonds is 7. The summed E-state index contributed by atoms with van der Waals surface area (Å²) in [4.78, 5) is 11.7. The molecule has 1 N–H and O–H groups in total. The molecule has 9 heteroatoms. The molecule has 1 saturated carbocycles. The number of alkyl halides is 2. The molecule has 0 spiro atoms. The maximum absolute atomic E-state index is 14.4. The van der Waals surface area contributed by atoms with E-state index in [1.54, 1.807) is 12.4 Å². The highest BCUT2D eigenvalue weighted by Gasteiger charge is 2.43. The highest BCUT2D eigenvalue weighted by atomic mass is 79.9. The van der Waals surface area contributed by atoms with Gasteiger partial charge in [0.2, 0.25) is 0 Å². The normalized spacial score (nSPS) is 22.1. The summed E-state index contributed by atoms with van der Waals surface area (Å²) in [5.74, 6) is -2.04. The summed E-state index contributed by atoms with van der Waals surface area (Å²) in [6, 6.07) is 6.50. The number of allylic oxidation sites excluding steroid dienone is 1. The zero-order valence-corrected chi connectivity index (χ0v) is 22.2. The number of halogens is 3. The summed E-state index contributed by atoms with van der Waals surface area (Å²) in [5, 5.41) is 7.99. The fourth-order valence-corrected chi connectivity index (χ4v) is 6.05. The van der Waals surface area contributed by atoms with E-state index in [2.05, 4.69) is 48.9 Å². The zero-order valence-electron chi connectivity index (χ0n) is 20.6. The van der Waals surface area contributed by atoms with Gasteiger partial charge < -0.3 is 10.2 Å². The minimum atomic E-state index is -2.74. The van der Waals surface area contributed by atoms with Gasteiger partial charge in [0.25, 0.3) is 5.92 Å². The molecule has 5 rings (SSSR count). The molecule has 0 radical (unpaired) electrons. The molecule has 3 aromatic rings. The molecular weight excluding hydrogens is 526 g/mol. The first-order valence-electron chi connectivity index (χ1n) is 12.8. The molecule has 0 amide bonds. The lowest BCUT2D eigenvalue weighted by Gasteiger charge is -2.42. The monoisotopic (exact) mass is 558 g/mol. The predicted molar refractivity (Wildman–Crippen MR) is 141 cm³/mol. The molecule has 6 nitrogen and oxygen atoms in total. The van der Waals surface area contributed by atoms with Crippen molar-refractivity contribution in [2.45, 2.75) is 69.9 Å². The third kappa shape index (κ3) is 5.18. The van der Waals surface area contributed by atoms with E-state index in [4.69, 9.17) is 4.98 Å². The fraction of sp³-hybridized carbons (Fsp3) is 0.519. The topological polar surface area (TPSA) is 58.4 Å². The Bertz CT molecular complexity index is 1200. The first kappa shape index (κ1) is 25.3. The van der Waals surface area contributed by atoms with Crippen LogP contribution in [0.5, 0.6) is 0 Å². The summed E-state index contributed by atoms with van der Waals surface area (Å²) in [6.45, 7) is 7.57. The Hall–Kier alpha value is -2.39. The van der Waals surface area contributed by atoms with Gasteiger partial charge in [0, 0.05) is 48.6 Å². The maximum Gasteiger partial charge on any atom is 0.271 e. The van der Waals surface area contributed by atoms with Crippen molar-refractivity contribution < 1.29 is 8.78 Å². The summed E-state index contributed by atoms with van der Waals surface area (Å²) >= 11 is 3.59. The molecule has 2 aliphatic rings. The minimum absolute atomic E-state index is 0.00431. The van der Waals surface area contributed by atoms with Crippen LogP contribution in [0.2, 0.25) is 0 Å². The van der Waals surface area contributed by atoms with Crippen molar-refractivity contribution in [3.05, 3.63) is 64.7 Å². The van der Waals surface area contributed by atoms with Crippen LogP contribution < -0.4 is 5.32 Å². The first-order chi connectivity index (χ1) is 17.3. The van der Waals surface area contributed by atoms with Crippen molar-refractivity contribution in [2.24, 2.45) is 5.92 Å². The number of hydrogen-bond donors (Lipinski definition) is 1. The highest BCUT2D eigenvalue weighted by Crippen LogP contribution is 2.42. The third-order valence-corrected chi connectivity index (χ3v) is 8.45. The van der Waals surface area contributed by atoms with Crippen molar-refractivity contribution >= 4 is 27.4 Å². The van der Waals surface area contributed by atoms with Crippen LogP contribution in [0.25, 0.3) is 5.65 Å². The second-order valence-corrected chi connectivity index (χ2v) is 11.1. The molecule has 0 atom stereocenters. The predicted octanol–water partition coefficient (Wildman–Crippen LogP) is 6.45. The van der Waals surface area contributed by atoms with Gasteiger partial charge in [-0.15, -0.1) is 0 Å². The molecule has 1 aliphatic heterocycles. The number of likely N-dealkylation sites (tertiary alicyclic amines) is 1. The van der Waals surface area contributed by atoms with E-state index < -0.39 is 11.8 Å². The number of piperidine rings is 1. The first-order valence-corrected chi connectivity index (χ1v) is 13.6. The van der Waals surface area contributed by atoms with E-state index in [-0.39, 0.29) is 5.57 Å². The lowest BCUT2D eigenvalue weighted by Crippen LogP contribution is -2.44. The van der Waals surface area contributed by atoms with Crippen LogP contribution in [0.4, 0.5) is 14.6 Å². The molecule has 0 aromatic carbocycles. The Labute approximate surface area is 219 Å². The largest absolute Gasteiger partial charge is 0.366 e. The van der Waals surface area contributed by atoms with Gasteiger partial charge in [0.1, 0.15) is 5.82 Å². The van der Waals surface area contributed by atoms with Crippen LogP contribution in [0.3, 0.4) is 0 Å². The van der Waals surface area contributed by atoms with E-state index in [0.717, 1.165) is 66.0 Å². The molecule has 0 unspecified atom stereocenters. The molecule has 36 heavy (non-hydrogen) atoms. The molecule has 1 saturated heterocycles. The van der Waals surface area contributed by atoms with Crippen LogP contribution in [-0.4, -0.2) is 49.5 Å². The Morgan fingerprint density at radius 3 is 2.58 bits per heavy atom. The van der Waals surface area contributed by atoms with Crippen molar-refractivity contribution in [1.29, 1.82) is 0 Å². The summed E-state index contributed by atoms with van der Waals surface area (Å²) in [7, 11) is 0. The number of anilines is 1. The summed E-state index contributed by atoms with van der Waals surface area (Å²) < 4.78 is 31.5. The molecule has 2 fully saturated rings. The molecular formula is C27H33BrF2N6. The van der Waals surface area contributed by atoms with E-state index in [1.807, 2.05) is 22.8 Å². The van der Waals surface area contributed by atoms with Crippen LogP contribution in [0.15, 0.2) is 53.4 Å². The van der Waals surface area contributed by atoms with Gasteiger partial charge in [-0.2, -0.15) is 9.61 Å². The standard InChI is InChI=1S/C27H33BrF2N6/c1-18(2)27(29,30)21-5-7-22(8-6-21)35-12-9-20(10-13-35)24-14-25(32-16-19-4-3-11-31-15-19)36-26(34-24)23(28)17-33-36/h3-4,11,14-15,17,20-22,32H,1,5-10,12-13,16H2,2H3. The number of nitrogens with one attached hydrogen (secondary N) is 1. The van der Waals surface area contributed by atoms with Crippen molar-refractivity contribution in [3.8, 4) is 0 Å². The fourth-order valence-electron chi connectivity index (χ4n) is 5.70. The average molecular weight is 560 g/mol. The molecule has 3 aromatic heterocycles. The number of pyridine rings is 1. The Morgan fingerprint density at radius 1 is 1.17 bits per heavy atom. The van der Waals surface area contributed by atoms with Gasteiger partial charge in [0.05, 0.1) is 10.7 Å². The van der Waals surface area contributed by atoms with Crippen molar-refractivity contribution in [2.75, 3.05) is 18.4 Å². The van der Waals surface area contributed by atoms with Gasteiger partial charge in [0.15, 0.2) is 5.65 Å². The quantitative estimate of drug-likeness (QED) is 0.338. The van der Waals surface area contributed by atoms with E-state index in [0.29, 0.717) is 31.3 Å². The van der Waals surface area contributed by atoms with Crippen LogP contribution >= 0.6 is 15.9 Å². The van der Waals surface area contributed by atoms with Gasteiger partial charge in [-0.1, -0.05) is 12.6 Å². The second kappa shape index (κ2) is 10.5. The second-order valence-electron chi connectivity index (χ2n) is 10.2. The number of aromatic nitrogens is 4. The third-order valence-electron chi connectivity index (χ3n) is 7.89. The zero-order chi connectivity index (χ0) is 25.3. The molecule has 1 aliphatic carbocycles. The van der Waals surface area contributed by atoms with E-state index >= 15 is 0 Å². The number of fused-ring (bicyclic) bond motifs is 1. The maximum atomic E-state index is 14.4.